The monoisotopic (exact) mass is 205 g/mol. The highest BCUT2D eigenvalue weighted by Crippen LogP contribution is 2.09. The maximum atomic E-state index is 10.2. The van der Waals surface area contributed by atoms with Crippen LogP contribution in [-0.2, 0) is 4.79 Å². The maximum absolute atomic E-state index is 10.2. The van der Waals surface area contributed by atoms with E-state index in [2.05, 4.69) is 15.2 Å². The van der Waals surface area contributed by atoms with Gasteiger partial charge in [0.05, 0.1) is 5.52 Å². The summed E-state index contributed by atoms with van der Waals surface area (Å²) in [7, 11) is 0. The van der Waals surface area contributed by atoms with Crippen LogP contribution in [0.25, 0.3) is 11.0 Å². The molecule has 0 fully saturated rings. The number of carboxylic acid groups (broad SMARTS) is 1. The van der Waals surface area contributed by atoms with Gasteiger partial charge < -0.3 is 9.84 Å². The molecule has 6 heteroatoms. The van der Waals surface area contributed by atoms with Gasteiger partial charge in [-0.1, -0.05) is 17.2 Å². The Morgan fingerprint density at radius 2 is 2.00 bits per heavy atom. The number of aromatic nitrogens is 3. The van der Waals surface area contributed by atoms with Gasteiger partial charge in [-0.2, -0.15) is 4.98 Å². The molecule has 76 valence electrons. The largest absolute Gasteiger partial charge is 0.479 e. The summed E-state index contributed by atoms with van der Waals surface area (Å²) in [6.07, 6.45) is 0. The van der Waals surface area contributed by atoms with E-state index in [9.17, 15) is 4.79 Å². The predicted molar refractivity (Wildman–Crippen MR) is 50.5 cm³/mol. The third-order valence-electron chi connectivity index (χ3n) is 1.67. The van der Waals surface area contributed by atoms with Crippen molar-refractivity contribution < 1.29 is 14.6 Å². The molecule has 2 rings (SSSR count). The zero-order valence-electron chi connectivity index (χ0n) is 7.62. The van der Waals surface area contributed by atoms with E-state index in [1.165, 1.54) is 0 Å². The summed E-state index contributed by atoms with van der Waals surface area (Å²) < 4.78 is 4.79. The van der Waals surface area contributed by atoms with Crippen molar-refractivity contribution in [3.05, 3.63) is 24.3 Å². The molecular formula is C9H7N3O3. The lowest BCUT2D eigenvalue weighted by Crippen LogP contribution is -2.11. The number of fused-ring (bicyclic) bond motifs is 1. The molecule has 0 atom stereocenters. The Balaban J connectivity index is 2.26. The molecule has 0 radical (unpaired) electrons. The van der Waals surface area contributed by atoms with Crippen LogP contribution in [-0.4, -0.2) is 32.9 Å². The van der Waals surface area contributed by atoms with Crippen LogP contribution in [0.1, 0.15) is 0 Å². The fourth-order valence-corrected chi connectivity index (χ4v) is 1.05. The predicted octanol–water partition coefficient (Wildman–Crippen LogP) is 0.488. The molecule has 0 spiro atoms. The Bertz CT molecular complexity index is 501. The maximum Gasteiger partial charge on any atom is 0.341 e. The van der Waals surface area contributed by atoms with E-state index in [0.29, 0.717) is 11.0 Å². The van der Waals surface area contributed by atoms with Crippen LogP contribution >= 0.6 is 0 Å². The number of carbonyl (C=O) groups is 1. The minimum atomic E-state index is -1.08. The van der Waals surface area contributed by atoms with Crippen molar-refractivity contribution >= 4 is 17.0 Å². The number of hydrogen-bond acceptors (Lipinski definition) is 5. The average Bonchev–Trinajstić information content (AvgIpc) is 2.26. The van der Waals surface area contributed by atoms with Gasteiger partial charge in [0.1, 0.15) is 5.52 Å². The van der Waals surface area contributed by atoms with Gasteiger partial charge in [-0.05, 0) is 12.1 Å². The van der Waals surface area contributed by atoms with Gasteiger partial charge in [-0.15, -0.1) is 5.10 Å². The number of aliphatic carboxylic acids is 1. The fourth-order valence-electron chi connectivity index (χ4n) is 1.05. The van der Waals surface area contributed by atoms with Gasteiger partial charge in [-0.3, -0.25) is 0 Å². The van der Waals surface area contributed by atoms with Gasteiger partial charge in [0.2, 0.25) is 0 Å². The highest BCUT2D eigenvalue weighted by molar-refractivity contribution is 5.73. The van der Waals surface area contributed by atoms with Crippen molar-refractivity contribution in [2.45, 2.75) is 0 Å². The highest BCUT2D eigenvalue weighted by Gasteiger charge is 2.03. The Morgan fingerprint density at radius 3 is 2.73 bits per heavy atom. The van der Waals surface area contributed by atoms with Crippen molar-refractivity contribution in [1.82, 2.24) is 15.2 Å². The third kappa shape index (κ3) is 2.16. The zero-order valence-corrected chi connectivity index (χ0v) is 7.62. The smallest absolute Gasteiger partial charge is 0.341 e. The minimum absolute atomic E-state index is 0.0314. The van der Waals surface area contributed by atoms with Gasteiger partial charge in [0, 0.05) is 0 Å². The summed E-state index contributed by atoms with van der Waals surface area (Å²) in [6, 6.07) is 7.10. The van der Waals surface area contributed by atoms with Gasteiger partial charge in [-0.25, -0.2) is 4.79 Å². The number of rotatable bonds is 3. The summed E-state index contributed by atoms with van der Waals surface area (Å²) in [6.45, 7) is -0.472. The number of benzene rings is 1. The summed E-state index contributed by atoms with van der Waals surface area (Å²) >= 11 is 0. The molecule has 0 aliphatic carbocycles. The SMILES string of the molecule is O=C(O)COc1nnc2ccccc2n1. The van der Waals surface area contributed by atoms with Crippen LogP contribution in [0.5, 0.6) is 6.01 Å². The first-order valence-electron chi connectivity index (χ1n) is 4.20. The molecular weight excluding hydrogens is 198 g/mol. The second-order valence-corrected chi connectivity index (χ2v) is 2.77. The Hall–Kier alpha value is -2.24. The van der Waals surface area contributed by atoms with Crippen molar-refractivity contribution in [1.29, 1.82) is 0 Å². The topological polar surface area (TPSA) is 85.2 Å². The molecule has 6 nitrogen and oxygen atoms in total. The van der Waals surface area contributed by atoms with E-state index in [1.807, 2.05) is 6.07 Å². The molecule has 0 bridgehead atoms. The fraction of sp³-hybridized carbons (Fsp3) is 0.111. The number of carboxylic acids is 1. The van der Waals surface area contributed by atoms with Crippen LogP contribution in [0.15, 0.2) is 24.3 Å². The molecule has 1 N–H and O–H groups in total. The summed E-state index contributed by atoms with van der Waals surface area (Å²) in [5.74, 6) is -1.08. The van der Waals surface area contributed by atoms with Crippen LogP contribution in [0.2, 0.25) is 0 Å². The highest BCUT2D eigenvalue weighted by atomic mass is 16.5. The van der Waals surface area contributed by atoms with Crippen LogP contribution in [0, 0.1) is 0 Å². The molecule has 1 aromatic heterocycles. The van der Waals surface area contributed by atoms with E-state index in [-0.39, 0.29) is 6.01 Å². The van der Waals surface area contributed by atoms with E-state index in [0.717, 1.165) is 0 Å². The lowest BCUT2D eigenvalue weighted by atomic mass is 10.3. The average molecular weight is 205 g/mol. The number of hydrogen-bond donors (Lipinski definition) is 1. The molecule has 15 heavy (non-hydrogen) atoms. The van der Waals surface area contributed by atoms with Crippen LogP contribution < -0.4 is 4.74 Å². The van der Waals surface area contributed by atoms with Gasteiger partial charge in [0.25, 0.3) is 0 Å². The van der Waals surface area contributed by atoms with Crippen LogP contribution in [0.4, 0.5) is 0 Å². The second kappa shape index (κ2) is 3.87. The van der Waals surface area contributed by atoms with E-state index in [4.69, 9.17) is 9.84 Å². The number of para-hydroxylation sites is 1. The third-order valence-corrected chi connectivity index (χ3v) is 1.67. The van der Waals surface area contributed by atoms with Gasteiger partial charge >= 0.3 is 12.0 Å². The van der Waals surface area contributed by atoms with Crippen molar-refractivity contribution in [3.8, 4) is 6.01 Å². The molecule has 0 saturated heterocycles. The Labute approximate surface area is 84.5 Å². The molecule has 0 saturated carbocycles. The van der Waals surface area contributed by atoms with E-state index >= 15 is 0 Å². The summed E-state index contributed by atoms with van der Waals surface area (Å²) in [4.78, 5) is 14.2. The minimum Gasteiger partial charge on any atom is -0.479 e. The molecule has 0 unspecified atom stereocenters. The molecule has 1 heterocycles. The zero-order chi connectivity index (χ0) is 10.7. The Morgan fingerprint density at radius 1 is 1.27 bits per heavy atom. The van der Waals surface area contributed by atoms with Crippen molar-refractivity contribution in [3.63, 3.8) is 0 Å². The lowest BCUT2D eigenvalue weighted by molar-refractivity contribution is -0.139. The number of nitrogens with zero attached hydrogens (tertiary/aromatic N) is 3. The first-order valence-corrected chi connectivity index (χ1v) is 4.20. The molecule has 0 aliphatic rings. The lowest BCUT2D eigenvalue weighted by Gasteiger charge is -2.00. The molecule has 0 amide bonds. The van der Waals surface area contributed by atoms with Crippen LogP contribution in [0.3, 0.4) is 0 Å². The summed E-state index contributed by atoms with van der Waals surface area (Å²) in [5, 5.41) is 15.8. The first kappa shape index (κ1) is 9.32. The molecule has 2 aromatic rings. The normalized spacial score (nSPS) is 10.1. The van der Waals surface area contributed by atoms with Gasteiger partial charge in [0.15, 0.2) is 6.61 Å². The van der Waals surface area contributed by atoms with Crippen molar-refractivity contribution in [2.75, 3.05) is 6.61 Å². The summed E-state index contributed by atoms with van der Waals surface area (Å²) in [5.41, 5.74) is 1.26. The standard InChI is InChI=1S/C9H7N3O3/c13-8(14)5-15-9-10-6-3-1-2-4-7(6)11-12-9/h1-4H,5H2,(H,13,14). The number of ether oxygens (including phenoxy) is 1. The quantitative estimate of drug-likeness (QED) is 0.784. The van der Waals surface area contributed by atoms with E-state index < -0.39 is 12.6 Å². The second-order valence-electron chi connectivity index (χ2n) is 2.77. The van der Waals surface area contributed by atoms with E-state index in [1.54, 1.807) is 18.2 Å². The Kier molecular flexibility index (Phi) is 2.40. The molecule has 0 aliphatic heterocycles. The molecule has 1 aromatic carbocycles. The van der Waals surface area contributed by atoms with Crippen molar-refractivity contribution in [2.24, 2.45) is 0 Å². The first-order chi connectivity index (χ1) is 7.25.